The number of fused-ring (bicyclic) bond motifs is 1. The van der Waals surface area contributed by atoms with E-state index < -0.39 is 0 Å². The molecule has 7 nitrogen and oxygen atoms in total. The van der Waals surface area contributed by atoms with Crippen LogP contribution in [0.5, 0.6) is 0 Å². The average Bonchev–Trinajstić information content (AvgIpc) is 3.70. The third-order valence-corrected chi connectivity index (χ3v) is 7.23. The van der Waals surface area contributed by atoms with Gasteiger partial charge in [0, 0.05) is 48.1 Å². The predicted octanol–water partition coefficient (Wildman–Crippen LogP) is 3.85. The fourth-order valence-electron chi connectivity index (χ4n) is 5.02. The van der Waals surface area contributed by atoms with Crippen LogP contribution in [0.25, 0.3) is 5.78 Å². The Morgan fingerprint density at radius 2 is 1.87 bits per heavy atom. The minimum atomic E-state index is 0.170. The van der Waals surface area contributed by atoms with Crippen molar-refractivity contribution in [3.05, 3.63) is 52.9 Å². The highest BCUT2D eigenvalue weighted by Gasteiger charge is 2.36. The number of aromatic nitrogens is 5. The lowest BCUT2D eigenvalue weighted by atomic mass is 9.84. The van der Waals surface area contributed by atoms with E-state index in [4.69, 9.17) is 4.98 Å². The van der Waals surface area contributed by atoms with Crippen molar-refractivity contribution in [1.82, 2.24) is 29.5 Å². The van der Waals surface area contributed by atoms with Crippen molar-refractivity contribution in [3.63, 3.8) is 0 Å². The number of carbonyl (C=O) groups is 1. The standard InChI is InChI=1S/C24H28N6O/c1-14-7-8-29(12-20(14)22-9-15(2)28-24-26-13-27-30(22)24)23(31)18-10-21(17-5-6-17)25-11-19(18)16-3-4-16/h9-11,13-14,16-17,20H,3-8,12H2,1-2H3/t14-,20-/m1/s1. The molecule has 0 aromatic carbocycles. The molecule has 0 bridgehead atoms. The van der Waals surface area contributed by atoms with Gasteiger partial charge in [-0.15, -0.1) is 0 Å². The number of aryl methyl sites for hydroxylation is 1. The first kappa shape index (κ1) is 18.9. The van der Waals surface area contributed by atoms with Crippen molar-refractivity contribution in [3.8, 4) is 0 Å². The van der Waals surface area contributed by atoms with Gasteiger partial charge in [0.05, 0.1) is 5.69 Å². The summed E-state index contributed by atoms with van der Waals surface area (Å²) in [7, 11) is 0. The Bertz CT molecular complexity index is 1160. The highest BCUT2D eigenvalue weighted by Crippen LogP contribution is 2.45. The molecule has 2 atom stereocenters. The Hall–Kier alpha value is -2.83. The van der Waals surface area contributed by atoms with Gasteiger partial charge >= 0.3 is 0 Å². The number of amides is 1. The molecule has 4 heterocycles. The predicted molar refractivity (Wildman–Crippen MR) is 116 cm³/mol. The van der Waals surface area contributed by atoms with Crippen LogP contribution in [-0.4, -0.2) is 48.5 Å². The van der Waals surface area contributed by atoms with Gasteiger partial charge in [0.1, 0.15) is 6.33 Å². The topological polar surface area (TPSA) is 76.3 Å². The minimum absolute atomic E-state index is 0.170. The summed E-state index contributed by atoms with van der Waals surface area (Å²) in [5.74, 6) is 2.53. The third-order valence-electron chi connectivity index (χ3n) is 7.23. The van der Waals surface area contributed by atoms with Gasteiger partial charge in [-0.1, -0.05) is 6.92 Å². The van der Waals surface area contributed by atoms with E-state index >= 15 is 0 Å². The number of rotatable bonds is 4. The Balaban J connectivity index is 1.34. The summed E-state index contributed by atoms with van der Waals surface area (Å²) in [4.78, 5) is 29.3. The Morgan fingerprint density at radius 3 is 2.65 bits per heavy atom. The molecule has 0 spiro atoms. The molecule has 2 saturated carbocycles. The molecule has 7 heteroatoms. The van der Waals surface area contributed by atoms with Gasteiger partial charge in [-0.3, -0.25) is 9.78 Å². The Labute approximate surface area is 181 Å². The van der Waals surface area contributed by atoms with E-state index in [9.17, 15) is 4.79 Å². The van der Waals surface area contributed by atoms with Crippen LogP contribution in [0.3, 0.4) is 0 Å². The van der Waals surface area contributed by atoms with Crippen LogP contribution in [0.1, 0.15) is 89.8 Å². The monoisotopic (exact) mass is 416 g/mol. The zero-order valence-corrected chi connectivity index (χ0v) is 18.2. The second-order valence-electron chi connectivity index (χ2n) is 9.66. The molecule has 3 aliphatic rings. The van der Waals surface area contributed by atoms with E-state index in [2.05, 4.69) is 39.0 Å². The zero-order chi connectivity index (χ0) is 21.1. The second-order valence-corrected chi connectivity index (χ2v) is 9.66. The van der Waals surface area contributed by atoms with Gasteiger partial charge in [0.25, 0.3) is 11.7 Å². The number of hydrogen-bond acceptors (Lipinski definition) is 5. The summed E-state index contributed by atoms with van der Waals surface area (Å²) in [6.45, 7) is 5.76. The van der Waals surface area contributed by atoms with Crippen molar-refractivity contribution >= 4 is 11.7 Å². The molecule has 1 aliphatic heterocycles. The molecule has 3 fully saturated rings. The maximum absolute atomic E-state index is 13.8. The lowest BCUT2D eigenvalue weighted by Gasteiger charge is -2.37. The summed E-state index contributed by atoms with van der Waals surface area (Å²) in [5.41, 5.74) is 5.18. The third kappa shape index (κ3) is 3.40. The van der Waals surface area contributed by atoms with Crippen LogP contribution in [0.15, 0.2) is 24.7 Å². The molecular weight excluding hydrogens is 388 g/mol. The maximum atomic E-state index is 13.8. The van der Waals surface area contributed by atoms with Gasteiger partial charge in [0.15, 0.2) is 0 Å². The van der Waals surface area contributed by atoms with E-state index in [1.807, 2.05) is 17.6 Å². The summed E-state index contributed by atoms with van der Waals surface area (Å²) in [6.07, 6.45) is 9.26. The summed E-state index contributed by atoms with van der Waals surface area (Å²) in [5, 5.41) is 4.41. The smallest absolute Gasteiger partial charge is 0.254 e. The van der Waals surface area contributed by atoms with Crippen LogP contribution in [-0.2, 0) is 0 Å². The number of likely N-dealkylation sites (tertiary alicyclic amines) is 1. The first-order chi connectivity index (χ1) is 15.1. The largest absolute Gasteiger partial charge is 0.338 e. The molecule has 6 rings (SSSR count). The Morgan fingerprint density at radius 1 is 1.06 bits per heavy atom. The van der Waals surface area contributed by atoms with Gasteiger partial charge in [-0.2, -0.15) is 10.1 Å². The summed E-state index contributed by atoms with van der Waals surface area (Å²) < 4.78 is 1.84. The number of pyridine rings is 1. The lowest BCUT2D eigenvalue weighted by Crippen LogP contribution is -2.43. The number of carbonyl (C=O) groups excluding carboxylic acids is 1. The number of hydrogen-bond donors (Lipinski definition) is 0. The minimum Gasteiger partial charge on any atom is -0.338 e. The van der Waals surface area contributed by atoms with E-state index in [0.717, 1.165) is 41.2 Å². The van der Waals surface area contributed by atoms with Crippen molar-refractivity contribution in [2.75, 3.05) is 13.1 Å². The van der Waals surface area contributed by atoms with E-state index in [-0.39, 0.29) is 11.8 Å². The normalized spacial score (nSPS) is 24.0. The first-order valence-electron chi connectivity index (χ1n) is 11.5. The molecular formula is C24H28N6O. The molecule has 2 aliphatic carbocycles. The van der Waals surface area contributed by atoms with Crippen molar-refractivity contribution < 1.29 is 4.79 Å². The van der Waals surface area contributed by atoms with E-state index in [1.165, 1.54) is 25.7 Å². The molecule has 31 heavy (non-hydrogen) atoms. The average molecular weight is 417 g/mol. The molecule has 0 N–H and O–H groups in total. The SMILES string of the molecule is Cc1cc([C@@H]2CN(C(=O)c3cc(C4CC4)ncc3C3CC3)CC[C@H]2C)n2ncnc2n1. The highest BCUT2D eigenvalue weighted by molar-refractivity contribution is 5.96. The van der Waals surface area contributed by atoms with Crippen molar-refractivity contribution in [1.29, 1.82) is 0 Å². The van der Waals surface area contributed by atoms with Crippen LogP contribution >= 0.6 is 0 Å². The van der Waals surface area contributed by atoms with Crippen LogP contribution < -0.4 is 0 Å². The molecule has 3 aromatic heterocycles. The van der Waals surface area contributed by atoms with Gasteiger partial charge in [-0.25, -0.2) is 9.50 Å². The molecule has 3 aromatic rings. The fraction of sp³-hybridized carbons (Fsp3) is 0.542. The molecule has 1 saturated heterocycles. The first-order valence-corrected chi connectivity index (χ1v) is 11.5. The fourth-order valence-corrected chi connectivity index (χ4v) is 5.02. The van der Waals surface area contributed by atoms with Crippen molar-refractivity contribution in [2.45, 2.75) is 63.7 Å². The second kappa shape index (κ2) is 7.11. The number of piperidine rings is 1. The quantitative estimate of drug-likeness (QED) is 0.646. The molecule has 0 radical (unpaired) electrons. The molecule has 0 unspecified atom stereocenters. The molecule has 160 valence electrons. The Kier molecular flexibility index (Phi) is 4.33. The van der Waals surface area contributed by atoms with Crippen LogP contribution in [0.4, 0.5) is 0 Å². The van der Waals surface area contributed by atoms with Crippen LogP contribution in [0, 0.1) is 12.8 Å². The van der Waals surface area contributed by atoms with Gasteiger partial charge in [-0.05, 0) is 68.6 Å². The van der Waals surface area contributed by atoms with Crippen molar-refractivity contribution in [2.24, 2.45) is 5.92 Å². The van der Waals surface area contributed by atoms with Gasteiger partial charge < -0.3 is 4.90 Å². The maximum Gasteiger partial charge on any atom is 0.254 e. The van der Waals surface area contributed by atoms with E-state index in [0.29, 0.717) is 30.1 Å². The van der Waals surface area contributed by atoms with Gasteiger partial charge in [0.2, 0.25) is 0 Å². The lowest BCUT2D eigenvalue weighted by molar-refractivity contribution is 0.0664. The summed E-state index contributed by atoms with van der Waals surface area (Å²) in [6, 6.07) is 4.21. The van der Waals surface area contributed by atoms with Crippen LogP contribution in [0.2, 0.25) is 0 Å². The molecule has 1 amide bonds. The van der Waals surface area contributed by atoms with E-state index in [1.54, 1.807) is 6.33 Å². The number of nitrogens with zero attached hydrogens (tertiary/aromatic N) is 6. The zero-order valence-electron chi connectivity index (χ0n) is 18.2. The highest BCUT2D eigenvalue weighted by atomic mass is 16.2. The summed E-state index contributed by atoms with van der Waals surface area (Å²) >= 11 is 0.